The molecule has 2 N–H and O–H groups in total. The molecule has 33 heavy (non-hydrogen) atoms. The van der Waals surface area contributed by atoms with Crippen LogP contribution in [0, 0.1) is 12.8 Å². The van der Waals surface area contributed by atoms with E-state index in [1.165, 1.54) is 56.8 Å². The molecular formula is C26H48IN5O. The van der Waals surface area contributed by atoms with Crippen molar-refractivity contribution in [2.75, 3.05) is 52.9 Å². The highest BCUT2D eigenvalue weighted by Crippen LogP contribution is 2.23. The first-order chi connectivity index (χ1) is 15.4. The van der Waals surface area contributed by atoms with Crippen LogP contribution in [0.25, 0.3) is 0 Å². The fourth-order valence-electron chi connectivity index (χ4n) is 4.24. The average Bonchev–Trinajstić information content (AvgIpc) is 2.76. The summed E-state index contributed by atoms with van der Waals surface area (Å²) in [6.07, 6.45) is 3.64. The zero-order valence-electron chi connectivity index (χ0n) is 21.8. The Bertz CT molecular complexity index is 689. The highest BCUT2D eigenvalue weighted by molar-refractivity contribution is 14.0. The molecular weight excluding hydrogens is 525 g/mol. The SMILES string of the molecule is CCN1CCN(CCCCNC(=NC)NCc2ccc(C)cc2OC(C)CC(C)C)CC1.I. The van der Waals surface area contributed by atoms with Crippen LogP contribution in [-0.4, -0.2) is 74.7 Å². The van der Waals surface area contributed by atoms with Gasteiger partial charge in [0.25, 0.3) is 0 Å². The third kappa shape index (κ3) is 11.8. The molecule has 7 heteroatoms. The van der Waals surface area contributed by atoms with Crippen molar-refractivity contribution in [3.8, 4) is 5.75 Å². The van der Waals surface area contributed by atoms with Gasteiger partial charge < -0.3 is 25.2 Å². The number of nitrogens with zero attached hydrogens (tertiary/aromatic N) is 3. The van der Waals surface area contributed by atoms with Crippen molar-refractivity contribution in [2.24, 2.45) is 10.9 Å². The molecule has 0 aliphatic carbocycles. The molecule has 1 aromatic rings. The van der Waals surface area contributed by atoms with Crippen molar-refractivity contribution in [1.29, 1.82) is 0 Å². The number of guanidine groups is 1. The quantitative estimate of drug-likeness (QED) is 0.167. The topological polar surface area (TPSA) is 52.1 Å². The van der Waals surface area contributed by atoms with E-state index in [-0.39, 0.29) is 30.1 Å². The summed E-state index contributed by atoms with van der Waals surface area (Å²) in [7, 11) is 1.83. The summed E-state index contributed by atoms with van der Waals surface area (Å²) in [6, 6.07) is 6.45. The minimum Gasteiger partial charge on any atom is -0.490 e. The van der Waals surface area contributed by atoms with Crippen LogP contribution in [0.5, 0.6) is 5.75 Å². The lowest BCUT2D eigenvalue weighted by Gasteiger charge is -2.34. The molecule has 1 aliphatic heterocycles. The van der Waals surface area contributed by atoms with Gasteiger partial charge in [-0.15, -0.1) is 24.0 Å². The summed E-state index contributed by atoms with van der Waals surface area (Å²) in [5, 5.41) is 6.92. The number of aryl methyl sites for hydroxylation is 1. The summed E-state index contributed by atoms with van der Waals surface area (Å²) >= 11 is 0. The van der Waals surface area contributed by atoms with E-state index in [1.807, 2.05) is 7.05 Å². The van der Waals surface area contributed by atoms with Crippen molar-refractivity contribution in [2.45, 2.75) is 66.5 Å². The monoisotopic (exact) mass is 573 g/mol. The van der Waals surface area contributed by atoms with E-state index in [2.05, 4.69) is 78.2 Å². The number of halogens is 1. The third-order valence-electron chi connectivity index (χ3n) is 6.13. The fraction of sp³-hybridized carbons (Fsp3) is 0.731. The standard InChI is InChI=1S/C26H47N5O.HI/c1-7-30-14-16-31(17-15-30)13-9-8-12-28-26(27-6)29-20-24-11-10-22(4)19-25(24)32-23(5)18-21(2)3;/h10-11,19,21,23H,7-9,12-18,20H2,1-6H3,(H2,27,28,29);1H. The number of aliphatic imine (C=N–C) groups is 1. The van der Waals surface area contributed by atoms with Gasteiger partial charge in [0.2, 0.25) is 0 Å². The van der Waals surface area contributed by atoms with Gasteiger partial charge in [-0.2, -0.15) is 0 Å². The first-order valence-electron chi connectivity index (χ1n) is 12.6. The van der Waals surface area contributed by atoms with Gasteiger partial charge in [-0.1, -0.05) is 32.9 Å². The highest BCUT2D eigenvalue weighted by atomic mass is 127. The molecule has 1 aliphatic rings. The van der Waals surface area contributed by atoms with Crippen LogP contribution in [-0.2, 0) is 6.54 Å². The normalized spacial score (nSPS) is 16.4. The molecule has 1 aromatic carbocycles. The minimum atomic E-state index is 0. The minimum absolute atomic E-state index is 0. The van der Waals surface area contributed by atoms with Crippen molar-refractivity contribution in [3.05, 3.63) is 29.3 Å². The molecule has 1 saturated heterocycles. The zero-order valence-corrected chi connectivity index (χ0v) is 24.2. The molecule has 0 aromatic heterocycles. The predicted octanol–water partition coefficient (Wildman–Crippen LogP) is 4.51. The number of benzene rings is 1. The molecule has 0 amide bonds. The Morgan fingerprint density at radius 3 is 2.39 bits per heavy atom. The Hall–Kier alpha value is -1.06. The summed E-state index contributed by atoms with van der Waals surface area (Å²) in [6.45, 7) is 19.9. The Morgan fingerprint density at radius 2 is 1.76 bits per heavy atom. The summed E-state index contributed by atoms with van der Waals surface area (Å²) in [4.78, 5) is 9.52. The Balaban J connectivity index is 0.00000544. The smallest absolute Gasteiger partial charge is 0.191 e. The molecule has 1 fully saturated rings. The number of ether oxygens (including phenoxy) is 1. The van der Waals surface area contributed by atoms with Crippen LogP contribution in [0.4, 0.5) is 0 Å². The lowest BCUT2D eigenvalue weighted by atomic mass is 10.1. The Labute approximate surface area is 219 Å². The first kappa shape index (κ1) is 30.0. The van der Waals surface area contributed by atoms with E-state index in [4.69, 9.17) is 4.74 Å². The van der Waals surface area contributed by atoms with Crippen LogP contribution in [0.1, 0.15) is 58.1 Å². The zero-order chi connectivity index (χ0) is 23.3. The van der Waals surface area contributed by atoms with Crippen molar-refractivity contribution in [1.82, 2.24) is 20.4 Å². The molecule has 6 nitrogen and oxygen atoms in total. The molecule has 1 unspecified atom stereocenters. The van der Waals surface area contributed by atoms with Crippen LogP contribution >= 0.6 is 24.0 Å². The van der Waals surface area contributed by atoms with Gasteiger partial charge in [0, 0.05) is 51.9 Å². The van der Waals surface area contributed by atoms with Gasteiger partial charge in [-0.3, -0.25) is 4.99 Å². The van der Waals surface area contributed by atoms with Crippen molar-refractivity contribution < 1.29 is 4.74 Å². The first-order valence-corrected chi connectivity index (χ1v) is 12.6. The van der Waals surface area contributed by atoms with Crippen LogP contribution in [0.3, 0.4) is 0 Å². The van der Waals surface area contributed by atoms with Crippen LogP contribution in [0.2, 0.25) is 0 Å². The number of rotatable bonds is 12. The van der Waals surface area contributed by atoms with E-state index in [9.17, 15) is 0 Å². The maximum Gasteiger partial charge on any atom is 0.191 e. The van der Waals surface area contributed by atoms with Crippen LogP contribution < -0.4 is 15.4 Å². The van der Waals surface area contributed by atoms with E-state index in [0.717, 1.165) is 31.1 Å². The van der Waals surface area contributed by atoms with E-state index in [0.29, 0.717) is 12.5 Å². The van der Waals surface area contributed by atoms with Gasteiger partial charge in [-0.05, 0) is 63.7 Å². The lowest BCUT2D eigenvalue weighted by Crippen LogP contribution is -2.46. The third-order valence-corrected chi connectivity index (χ3v) is 6.13. The van der Waals surface area contributed by atoms with Gasteiger partial charge in [0.1, 0.15) is 5.75 Å². The number of likely N-dealkylation sites (N-methyl/N-ethyl adjacent to an activating group) is 1. The molecule has 0 spiro atoms. The van der Waals surface area contributed by atoms with Gasteiger partial charge in [-0.25, -0.2) is 0 Å². The van der Waals surface area contributed by atoms with Gasteiger partial charge >= 0.3 is 0 Å². The number of unbranched alkanes of at least 4 members (excludes halogenated alkanes) is 1. The molecule has 2 rings (SSSR count). The largest absolute Gasteiger partial charge is 0.490 e. The molecule has 1 atom stereocenters. The lowest BCUT2D eigenvalue weighted by molar-refractivity contribution is 0.136. The Kier molecular flexibility index (Phi) is 15.0. The Morgan fingerprint density at radius 1 is 1.06 bits per heavy atom. The number of piperazine rings is 1. The molecule has 0 bridgehead atoms. The fourth-order valence-corrected chi connectivity index (χ4v) is 4.24. The van der Waals surface area contributed by atoms with Crippen LogP contribution in [0.15, 0.2) is 23.2 Å². The second-order valence-corrected chi connectivity index (χ2v) is 9.50. The summed E-state index contributed by atoms with van der Waals surface area (Å²) in [5.74, 6) is 2.45. The average molecular weight is 574 g/mol. The van der Waals surface area contributed by atoms with Gasteiger partial charge in [0.05, 0.1) is 6.10 Å². The summed E-state index contributed by atoms with van der Waals surface area (Å²) in [5.41, 5.74) is 2.39. The number of hydrogen-bond acceptors (Lipinski definition) is 4. The van der Waals surface area contributed by atoms with Crippen molar-refractivity contribution >= 4 is 29.9 Å². The van der Waals surface area contributed by atoms with E-state index in [1.54, 1.807) is 0 Å². The number of nitrogens with one attached hydrogen (secondary N) is 2. The molecule has 1 heterocycles. The summed E-state index contributed by atoms with van der Waals surface area (Å²) < 4.78 is 6.28. The van der Waals surface area contributed by atoms with E-state index >= 15 is 0 Å². The maximum absolute atomic E-state index is 6.28. The second-order valence-electron chi connectivity index (χ2n) is 9.50. The predicted molar refractivity (Wildman–Crippen MR) is 152 cm³/mol. The maximum atomic E-state index is 6.28. The van der Waals surface area contributed by atoms with Crippen molar-refractivity contribution in [3.63, 3.8) is 0 Å². The highest BCUT2D eigenvalue weighted by Gasteiger charge is 2.14. The van der Waals surface area contributed by atoms with E-state index < -0.39 is 0 Å². The van der Waals surface area contributed by atoms with Gasteiger partial charge in [0.15, 0.2) is 5.96 Å². The second kappa shape index (κ2) is 16.5. The molecule has 190 valence electrons. The molecule has 0 saturated carbocycles. The number of hydrogen-bond donors (Lipinski definition) is 2. The molecule has 0 radical (unpaired) electrons.